The van der Waals surface area contributed by atoms with Crippen LogP contribution in [0.25, 0.3) is 5.69 Å². The molecule has 0 N–H and O–H groups in total. The molecule has 0 aliphatic carbocycles. The molecule has 4 heterocycles. The van der Waals surface area contributed by atoms with Crippen molar-refractivity contribution in [2.45, 2.75) is 29.9 Å². The lowest BCUT2D eigenvalue weighted by Gasteiger charge is -2.23. The number of para-hydroxylation sites is 1. The summed E-state index contributed by atoms with van der Waals surface area (Å²) in [5, 5.41) is 4.35. The molecule has 0 saturated carbocycles. The summed E-state index contributed by atoms with van der Waals surface area (Å²) in [6, 6.07) is 17.7. The number of benzene rings is 1. The number of hydrogen-bond acceptors (Lipinski definition) is 5. The van der Waals surface area contributed by atoms with Crippen molar-refractivity contribution in [1.29, 1.82) is 0 Å². The van der Waals surface area contributed by atoms with Gasteiger partial charge in [0.25, 0.3) is 5.91 Å². The van der Waals surface area contributed by atoms with Gasteiger partial charge in [-0.1, -0.05) is 18.2 Å². The van der Waals surface area contributed by atoms with Gasteiger partial charge in [-0.3, -0.25) is 14.6 Å². The van der Waals surface area contributed by atoms with E-state index in [1.807, 2.05) is 37.3 Å². The van der Waals surface area contributed by atoms with Crippen molar-refractivity contribution in [3.63, 3.8) is 0 Å². The molecule has 1 amide bonds. The topological polar surface area (TPSA) is 55.2 Å². The van der Waals surface area contributed by atoms with Crippen LogP contribution in [0, 0.1) is 6.92 Å². The van der Waals surface area contributed by atoms with Crippen LogP contribution in [-0.2, 0) is 12.8 Å². The molecule has 4 aromatic rings. The van der Waals surface area contributed by atoms with E-state index in [1.165, 1.54) is 5.56 Å². The van der Waals surface area contributed by atoms with Gasteiger partial charge in [-0.05, 0) is 53.6 Å². The minimum atomic E-state index is -0.238. The van der Waals surface area contributed by atoms with Gasteiger partial charge in [0.2, 0.25) is 0 Å². The van der Waals surface area contributed by atoms with E-state index in [9.17, 15) is 9.59 Å². The first-order valence-electron chi connectivity index (χ1n) is 11.2. The molecular formula is C27H25N3O2S2. The van der Waals surface area contributed by atoms with Gasteiger partial charge < -0.3 is 9.47 Å². The molecule has 1 aliphatic heterocycles. The quantitative estimate of drug-likeness (QED) is 0.383. The van der Waals surface area contributed by atoms with Crippen LogP contribution in [0.5, 0.6) is 0 Å². The van der Waals surface area contributed by atoms with Gasteiger partial charge in [0, 0.05) is 65.9 Å². The zero-order chi connectivity index (χ0) is 23.7. The summed E-state index contributed by atoms with van der Waals surface area (Å²) in [4.78, 5) is 34.1. The number of amides is 1. The standard InChI is InChI=1S/C27H25N3O2S2/c1-18-15-23(31)26(27(32)29(2)13-10-20-7-5-6-12-28-20)22-16-25(19-11-14-33-17-19)34-24-9-4-3-8-21(24)30(18)22/h3-9,11-12,14-15,17,25H,10,13,16H2,1-2H3. The Hall–Kier alpha value is -3.16. The molecule has 3 aromatic heterocycles. The van der Waals surface area contributed by atoms with Crippen molar-refractivity contribution >= 4 is 29.0 Å². The molecule has 1 aliphatic rings. The van der Waals surface area contributed by atoms with E-state index in [0.29, 0.717) is 19.4 Å². The van der Waals surface area contributed by atoms with Gasteiger partial charge in [0.1, 0.15) is 5.56 Å². The number of carbonyl (C=O) groups excluding carboxylic acids is 1. The van der Waals surface area contributed by atoms with Crippen LogP contribution in [0.2, 0.25) is 0 Å². The Labute approximate surface area is 207 Å². The Morgan fingerprint density at radius 1 is 1.18 bits per heavy atom. The second-order valence-corrected chi connectivity index (χ2v) is 10.5. The Morgan fingerprint density at radius 2 is 2.00 bits per heavy atom. The highest BCUT2D eigenvalue weighted by molar-refractivity contribution is 7.99. The number of fused-ring (bicyclic) bond motifs is 3. The lowest BCUT2D eigenvalue weighted by molar-refractivity contribution is 0.0793. The first-order chi connectivity index (χ1) is 16.5. The van der Waals surface area contributed by atoms with E-state index in [1.54, 1.807) is 47.3 Å². The Bertz CT molecular complexity index is 1380. The van der Waals surface area contributed by atoms with E-state index in [2.05, 4.69) is 38.5 Å². The normalized spacial score (nSPS) is 14.7. The van der Waals surface area contributed by atoms with Gasteiger partial charge in [-0.15, -0.1) is 11.8 Å². The number of likely N-dealkylation sites (N-methyl/N-ethyl adjacent to an activating group) is 1. The maximum Gasteiger partial charge on any atom is 0.259 e. The molecule has 5 rings (SSSR count). The van der Waals surface area contributed by atoms with Crippen LogP contribution < -0.4 is 5.43 Å². The van der Waals surface area contributed by atoms with Gasteiger partial charge >= 0.3 is 0 Å². The molecule has 0 radical (unpaired) electrons. The van der Waals surface area contributed by atoms with Crippen molar-refractivity contribution in [3.05, 3.63) is 110 Å². The first kappa shape index (κ1) is 22.6. The van der Waals surface area contributed by atoms with Crippen LogP contribution in [0.15, 0.2) is 81.2 Å². The average molecular weight is 488 g/mol. The molecular weight excluding hydrogens is 462 g/mol. The summed E-state index contributed by atoms with van der Waals surface area (Å²) in [5.41, 5.74) is 4.83. The maximum absolute atomic E-state index is 13.7. The summed E-state index contributed by atoms with van der Waals surface area (Å²) in [5.74, 6) is -0.238. The molecule has 0 bridgehead atoms. The van der Waals surface area contributed by atoms with E-state index in [-0.39, 0.29) is 22.1 Å². The van der Waals surface area contributed by atoms with Crippen LogP contribution in [0.1, 0.15) is 38.3 Å². The minimum Gasteiger partial charge on any atom is -0.341 e. The van der Waals surface area contributed by atoms with E-state index >= 15 is 0 Å². The highest BCUT2D eigenvalue weighted by Crippen LogP contribution is 2.44. The number of thioether (sulfide) groups is 1. The van der Waals surface area contributed by atoms with Crippen molar-refractivity contribution in [2.75, 3.05) is 13.6 Å². The van der Waals surface area contributed by atoms with E-state index in [0.717, 1.165) is 27.7 Å². The van der Waals surface area contributed by atoms with Crippen molar-refractivity contribution in [3.8, 4) is 5.69 Å². The molecule has 172 valence electrons. The number of aromatic nitrogens is 2. The fourth-order valence-corrected chi connectivity index (χ4v) is 6.50. The van der Waals surface area contributed by atoms with Crippen molar-refractivity contribution in [1.82, 2.24) is 14.5 Å². The summed E-state index contributed by atoms with van der Waals surface area (Å²) >= 11 is 3.46. The van der Waals surface area contributed by atoms with E-state index < -0.39 is 0 Å². The third-order valence-corrected chi connectivity index (χ3v) is 8.18. The lowest BCUT2D eigenvalue weighted by Crippen LogP contribution is -2.35. The molecule has 5 nitrogen and oxygen atoms in total. The molecule has 0 fully saturated rings. The number of aryl methyl sites for hydroxylation is 1. The number of thiophene rings is 1. The highest BCUT2D eigenvalue weighted by atomic mass is 32.2. The molecule has 34 heavy (non-hydrogen) atoms. The van der Waals surface area contributed by atoms with Crippen LogP contribution in [0.3, 0.4) is 0 Å². The first-order valence-corrected chi connectivity index (χ1v) is 13.0. The van der Waals surface area contributed by atoms with Crippen LogP contribution in [-0.4, -0.2) is 34.0 Å². The van der Waals surface area contributed by atoms with E-state index in [4.69, 9.17) is 0 Å². The minimum absolute atomic E-state index is 0.118. The second-order valence-electron chi connectivity index (χ2n) is 8.44. The summed E-state index contributed by atoms with van der Waals surface area (Å²) < 4.78 is 2.11. The van der Waals surface area contributed by atoms with Gasteiger partial charge in [-0.2, -0.15) is 11.3 Å². The molecule has 1 unspecified atom stereocenters. The maximum atomic E-state index is 13.7. The SMILES string of the molecule is Cc1cc(=O)c(C(=O)N(C)CCc2ccccn2)c2n1-c1ccccc1SC(c1ccsc1)C2. The molecule has 0 saturated heterocycles. The third kappa shape index (κ3) is 4.33. The number of pyridine rings is 2. The zero-order valence-corrected chi connectivity index (χ0v) is 20.7. The largest absolute Gasteiger partial charge is 0.341 e. The van der Waals surface area contributed by atoms with Crippen LogP contribution >= 0.6 is 23.1 Å². The Morgan fingerprint density at radius 3 is 2.76 bits per heavy atom. The second kappa shape index (κ2) is 9.60. The predicted octanol–water partition coefficient (Wildman–Crippen LogP) is 5.31. The average Bonchev–Trinajstić information content (AvgIpc) is 3.32. The number of rotatable bonds is 5. The summed E-state index contributed by atoms with van der Waals surface area (Å²) in [6.45, 7) is 2.43. The Balaban J connectivity index is 1.59. The molecule has 1 atom stereocenters. The Kier molecular flexibility index (Phi) is 6.39. The molecule has 1 aromatic carbocycles. The van der Waals surface area contributed by atoms with Crippen LogP contribution in [0.4, 0.5) is 0 Å². The van der Waals surface area contributed by atoms with Gasteiger partial charge in [0.15, 0.2) is 5.43 Å². The zero-order valence-electron chi connectivity index (χ0n) is 19.1. The highest BCUT2D eigenvalue weighted by Gasteiger charge is 2.30. The fourth-order valence-electron chi connectivity index (χ4n) is 4.43. The predicted molar refractivity (Wildman–Crippen MR) is 138 cm³/mol. The lowest BCUT2D eigenvalue weighted by atomic mass is 10.0. The molecule has 0 spiro atoms. The van der Waals surface area contributed by atoms with Crippen molar-refractivity contribution in [2.24, 2.45) is 0 Å². The molecule has 7 heteroatoms. The number of hydrogen-bond donors (Lipinski definition) is 0. The third-order valence-electron chi connectivity index (χ3n) is 6.16. The summed E-state index contributed by atoms with van der Waals surface area (Å²) in [7, 11) is 1.76. The fraction of sp³-hybridized carbons (Fsp3) is 0.222. The monoisotopic (exact) mass is 487 g/mol. The van der Waals surface area contributed by atoms with Gasteiger partial charge in [0.05, 0.1) is 5.69 Å². The van der Waals surface area contributed by atoms with Crippen molar-refractivity contribution < 1.29 is 4.79 Å². The van der Waals surface area contributed by atoms with Gasteiger partial charge in [-0.25, -0.2) is 0 Å². The smallest absolute Gasteiger partial charge is 0.259 e. The number of nitrogens with zero attached hydrogens (tertiary/aromatic N) is 3. The summed E-state index contributed by atoms with van der Waals surface area (Å²) in [6.07, 6.45) is 2.99. The number of carbonyl (C=O) groups is 1.